The van der Waals surface area contributed by atoms with Crippen LogP contribution in [0.15, 0.2) is 24.8 Å². The second-order valence-electron chi connectivity index (χ2n) is 4.17. The first kappa shape index (κ1) is 11.1. The Morgan fingerprint density at radius 3 is 2.93 bits per heavy atom. The second kappa shape index (κ2) is 4.66. The lowest BCUT2D eigenvalue weighted by molar-refractivity contribution is 0.644. The summed E-state index contributed by atoms with van der Waals surface area (Å²) in [5, 5.41) is 3.55. The summed E-state index contributed by atoms with van der Waals surface area (Å²) in [5.41, 5.74) is 3.85. The molecule has 1 fully saturated rings. The highest BCUT2D eigenvalue weighted by Crippen LogP contribution is 2.29. The molecule has 1 atom stereocenters. The maximum atomic E-state index is 4.00. The lowest BCUT2D eigenvalue weighted by Gasteiger charge is -2.14. The SMILES string of the molecule is C=C(C)c1ccc(I)c(C2CCCN2)c1. The molecule has 2 heteroatoms. The van der Waals surface area contributed by atoms with Crippen molar-refractivity contribution in [3.8, 4) is 0 Å². The van der Waals surface area contributed by atoms with Gasteiger partial charge in [-0.1, -0.05) is 18.2 Å². The van der Waals surface area contributed by atoms with Crippen LogP contribution in [0.3, 0.4) is 0 Å². The van der Waals surface area contributed by atoms with Crippen LogP contribution in [0.25, 0.3) is 5.57 Å². The predicted octanol–water partition coefficient (Wildman–Crippen LogP) is 3.75. The van der Waals surface area contributed by atoms with Gasteiger partial charge in [0, 0.05) is 9.61 Å². The van der Waals surface area contributed by atoms with Crippen molar-refractivity contribution in [2.45, 2.75) is 25.8 Å². The van der Waals surface area contributed by atoms with E-state index in [4.69, 9.17) is 0 Å². The molecule has 15 heavy (non-hydrogen) atoms. The Hall–Kier alpha value is -0.350. The van der Waals surface area contributed by atoms with Gasteiger partial charge in [-0.3, -0.25) is 0 Å². The third-order valence-corrected chi connectivity index (χ3v) is 3.91. The van der Waals surface area contributed by atoms with Crippen LogP contribution < -0.4 is 5.32 Å². The number of halogens is 1. The summed E-state index contributed by atoms with van der Waals surface area (Å²) in [6.45, 7) is 7.21. The molecule has 1 aliphatic rings. The van der Waals surface area contributed by atoms with Crippen molar-refractivity contribution in [3.63, 3.8) is 0 Å². The van der Waals surface area contributed by atoms with Crippen molar-refractivity contribution in [2.75, 3.05) is 6.54 Å². The standard InChI is InChI=1S/C13H16IN/c1-9(2)10-5-6-12(14)11(8-10)13-4-3-7-15-13/h5-6,8,13,15H,1,3-4,7H2,2H3. The monoisotopic (exact) mass is 313 g/mol. The van der Waals surface area contributed by atoms with E-state index in [1.54, 1.807) is 0 Å². The van der Waals surface area contributed by atoms with Crippen molar-refractivity contribution >= 4 is 28.2 Å². The molecule has 0 aliphatic carbocycles. The molecule has 1 heterocycles. The molecule has 1 N–H and O–H groups in total. The second-order valence-corrected chi connectivity index (χ2v) is 5.33. The zero-order valence-electron chi connectivity index (χ0n) is 9.02. The average molecular weight is 313 g/mol. The van der Waals surface area contributed by atoms with E-state index in [1.807, 2.05) is 0 Å². The fourth-order valence-corrected chi connectivity index (χ4v) is 2.74. The molecule has 1 saturated heterocycles. The highest BCUT2D eigenvalue weighted by Gasteiger charge is 2.18. The van der Waals surface area contributed by atoms with Crippen molar-refractivity contribution in [1.82, 2.24) is 5.32 Å². The summed E-state index contributed by atoms with van der Waals surface area (Å²) in [7, 11) is 0. The van der Waals surface area contributed by atoms with E-state index >= 15 is 0 Å². The number of hydrogen-bond donors (Lipinski definition) is 1. The maximum Gasteiger partial charge on any atom is 0.0331 e. The minimum Gasteiger partial charge on any atom is -0.310 e. The maximum absolute atomic E-state index is 4.00. The van der Waals surface area contributed by atoms with Gasteiger partial charge in [-0.15, -0.1) is 0 Å². The Bertz CT molecular complexity index is 378. The average Bonchev–Trinajstić information content (AvgIpc) is 2.71. The molecule has 1 aromatic carbocycles. The number of rotatable bonds is 2. The molecule has 1 aromatic rings. The molecule has 0 amide bonds. The molecule has 0 saturated carbocycles. The summed E-state index contributed by atoms with van der Waals surface area (Å²) >= 11 is 2.42. The molecule has 1 aliphatic heterocycles. The Balaban J connectivity index is 2.35. The molecule has 1 unspecified atom stereocenters. The van der Waals surface area contributed by atoms with Gasteiger partial charge in [-0.2, -0.15) is 0 Å². The minimum absolute atomic E-state index is 0.552. The lowest BCUT2D eigenvalue weighted by Crippen LogP contribution is -2.14. The van der Waals surface area contributed by atoms with Crippen LogP contribution in [-0.4, -0.2) is 6.54 Å². The van der Waals surface area contributed by atoms with Gasteiger partial charge in [0.15, 0.2) is 0 Å². The van der Waals surface area contributed by atoms with E-state index in [0.29, 0.717) is 6.04 Å². The zero-order valence-corrected chi connectivity index (χ0v) is 11.2. The van der Waals surface area contributed by atoms with E-state index in [9.17, 15) is 0 Å². The van der Waals surface area contributed by atoms with Gasteiger partial charge >= 0.3 is 0 Å². The zero-order chi connectivity index (χ0) is 10.8. The third kappa shape index (κ3) is 2.42. The van der Waals surface area contributed by atoms with Crippen LogP contribution in [0.4, 0.5) is 0 Å². The van der Waals surface area contributed by atoms with E-state index in [1.165, 1.54) is 27.5 Å². The van der Waals surface area contributed by atoms with Gasteiger partial charge in [-0.25, -0.2) is 0 Å². The van der Waals surface area contributed by atoms with Crippen LogP contribution in [0.1, 0.15) is 36.9 Å². The third-order valence-electron chi connectivity index (χ3n) is 2.92. The van der Waals surface area contributed by atoms with Crippen molar-refractivity contribution in [1.29, 1.82) is 0 Å². The van der Waals surface area contributed by atoms with Crippen molar-refractivity contribution < 1.29 is 0 Å². The molecule has 1 nitrogen and oxygen atoms in total. The van der Waals surface area contributed by atoms with Crippen LogP contribution in [-0.2, 0) is 0 Å². The van der Waals surface area contributed by atoms with E-state index in [-0.39, 0.29) is 0 Å². The first-order chi connectivity index (χ1) is 7.18. The Labute approximate surface area is 105 Å². The molecule has 0 radical (unpaired) electrons. The summed E-state index contributed by atoms with van der Waals surface area (Å²) in [4.78, 5) is 0. The van der Waals surface area contributed by atoms with Gasteiger partial charge in [-0.05, 0) is 72.2 Å². The summed E-state index contributed by atoms with van der Waals surface area (Å²) in [5.74, 6) is 0. The molecular weight excluding hydrogens is 297 g/mol. The summed E-state index contributed by atoms with van der Waals surface area (Å²) < 4.78 is 1.36. The number of benzene rings is 1. The fourth-order valence-electron chi connectivity index (χ4n) is 2.03. The smallest absolute Gasteiger partial charge is 0.0331 e. The molecule has 80 valence electrons. The molecule has 0 bridgehead atoms. The van der Waals surface area contributed by atoms with E-state index < -0.39 is 0 Å². The van der Waals surface area contributed by atoms with Gasteiger partial charge in [0.1, 0.15) is 0 Å². The fraction of sp³-hybridized carbons (Fsp3) is 0.385. The van der Waals surface area contributed by atoms with Crippen molar-refractivity contribution in [3.05, 3.63) is 39.5 Å². The number of hydrogen-bond acceptors (Lipinski definition) is 1. The lowest BCUT2D eigenvalue weighted by atomic mass is 10.00. The van der Waals surface area contributed by atoms with Gasteiger partial charge < -0.3 is 5.32 Å². The summed E-state index contributed by atoms with van der Waals surface area (Å²) in [6.07, 6.45) is 2.55. The normalized spacial score (nSPS) is 20.5. The number of nitrogens with one attached hydrogen (secondary N) is 1. The van der Waals surface area contributed by atoms with Crippen molar-refractivity contribution in [2.24, 2.45) is 0 Å². The number of allylic oxidation sites excluding steroid dienone is 1. The highest BCUT2D eigenvalue weighted by molar-refractivity contribution is 14.1. The minimum atomic E-state index is 0.552. The van der Waals surface area contributed by atoms with Gasteiger partial charge in [0.2, 0.25) is 0 Å². The largest absolute Gasteiger partial charge is 0.310 e. The van der Waals surface area contributed by atoms with Crippen LogP contribution in [0.2, 0.25) is 0 Å². The van der Waals surface area contributed by atoms with Crippen LogP contribution in [0, 0.1) is 3.57 Å². The van der Waals surface area contributed by atoms with Gasteiger partial charge in [0.05, 0.1) is 0 Å². The Morgan fingerprint density at radius 1 is 1.53 bits per heavy atom. The first-order valence-corrected chi connectivity index (χ1v) is 6.45. The Kier molecular flexibility index (Phi) is 3.46. The topological polar surface area (TPSA) is 12.0 Å². The van der Waals surface area contributed by atoms with E-state index in [2.05, 4.69) is 59.6 Å². The van der Waals surface area contributed by atoms with Crippen LogP contribution in [0.5, 0.6) is 0 Å². The molecule has 0 aromatic heterocycles. The molecule has 2 rings (SSSR count). The summed E-state index contributed by atoms with van der Waals surface area (Å²) in [6, 6.07) is 7.19. The quantitative estimate of drug-likeness (QED) is 0.820. The highest BCUT2D eigenvalue weighted by atomic mass is 127. The van der Waals surface area contributed by atoms with Crippen LogP contribution >= 0.6 is 22.6 Å². The first-order valence-electron chi connectivity index (χ1n) is 5.37. The molecular formula is C13H16IN. The van der Waals surface area contributed by atoms with E-state index in [0.717, 1.165) is 12.1 Å². The Morgan fingerprint density at radius 2 is 2.33 bits per heavy atom. The predicted molar refractivity (Wildman–Crippen MR) is 73.8 cm³/mol. The van der Waals surface area contributed by atoms with Gasteiger partial charge in [0.25, 0.3) is 0 Å². The molecule has 0 spiro atoms.